The second-order valence-corrected chi connectivity index (χ2v) is 5.91. The van der Waals surface area contributed by atoms with Crippen LogP contribution in [0.5, 0.6) is 0 Å². The van der Waals surface area contributed by atoms with Crippen LogP contribution in [-0.2, 0) is 4.79 Å². The van der Waals surface area contributed by atoms with E-state index in [1.807, 2.05) is 30.3 Å². The van der Waals surface area contributed by atoms with E-state index in [9.17, 15) is 14.9 Å². The van der Waals surface area contributed by atoms with Gasteiger partial charge < -0.3 is 5.32 Å². The predicted octanol–water partition coefficient (Wildman–Crippen LogP) is 4.41. The lowest BCUT2D eigenvalue weighted by atomic mass is 10.00. The van der Waals surface area contributed by atoms with Gasteiger partial charge in [-0.25, -0.2) is 0 Å². The minimum Gasteiger partial charge on any atom is -0.320 e. The van der Waals surface area contributed by atoms with Crippen LogP contribution in [0.2, 0.25) is 0 Å². The summed E-state index contributed by atoms with van der Waals surface area (Å²) in [6.45, 7) is 3.49. The number of hydrogen-bond acceptors (Lipinski definition) is 3. The number of aryl methyl sites for hydroxylation is 1. The van der Waals surface area contributed by atoms with Gasteiger partial charge >= 0.3 is 0 Å². The van der Waals surface area contributed by atoms with E-state index in [1.54, 1.807) is 19.9 Å². The average molecular weight is 363 g/mol. The van der Waals surface area contributed by atoms with Crippen molar-refractivity contribution in [2.24, 2.45) is 0 Å². The predicted molar refractivity (Wildman–Crippen MR) is 89.0 cm³/mol. The summed E-state index contributed by atoms with van der Waals surface area (Å²) in [7, 11) is 0. The molecule has 114 valence electrons. The first-order valence-corrected chi connectivity index (χ1v) is 7.49. The van der Waals surface area contributed by atoms with Crippen molar-refractivity contribution < 1.29 is 9.72 Å². The highest BCUT2D eigenvalue weighted by molar-refractivity contribution is 9.10. The lowest BCUT2D eigenvalue weighted by Gasteiger charge is -2.14. The third kappa shape index (κ3) is 3.51. The zero-order valence-electron chi connectivity index (χ0n) is 12.2. The molecule has 0 bridgehead atoms. The van der Waals surface area contributed by atoms with Gasteiger partial charge in [0.05, 0.1) is 10.8 Å². The van der Waals surface area contributed by atoms with E-state index in [0.717, 1.165) is 5.56 Å². The first-order valence-electron chi connectivity index (χ1n) is 6.70. The Labute approximate surface area is 136 Å². The molecule has 0 aliphatic rings. The number of carbonyl (C=O) groups excluding carboxylic acids is 1. The van der Waals surface area contributed by atoms with E-state index in [-0.39, 0.29) is 17.3 Å². The van der Waals surface area contributed by atoms with Crippen LogP contribution in [0.3, 0.4) is 0 Å². The zero-order valence-corrected chi connectivity index (χ0v) is 13.8. The Balaban J connectivity index is 2.31. The summed E-state index contributed by atoms with van der Waals surface area (Å²) in [6, 6.07) is 12.4. The second-order valence-electron chi connectivity index (χ2n) is 5.00. The Bertz CT molecular complexity index is 717. The van der Waals surface area contributed by atoms with E-state index >= 15 is 0 Å². The van der Waals surface area contributed by atoms with E-state index < -0.39 is 10.8 Å². The van der Waals surface area contributed by atoms with Crippen LogP contribution in [0.15, 0.2) is 46.9 Å². The SMILES string of the molecule is Cc1cc(Br)cc([N+](=O)[O-])c1NC(=O)C(C)c1ccccc1. The lowest BCUT2D eigenvalue weighted by Crippen LogP contribution is -2.20. The second kappa shape index (κ2) is 6.70. The molecule has 1 amide bonds. The molecule has 0 heterocycles. The number of benzene rings is 2. The monoisotopic (exact) mass is 362 g/mol. The van der Waals surface area contributed by atoms with Gasteiger partial charge in [-0.1, -0.05) is 46.3 Å². The van der Waals surface area contributed by atoms with E-state index in [4.69, 9.17) is 0 Å². The number of nitrogens with zero attached hydrogens (tertiary/aromatic N) is 1. The molecule has 22 heavy (non-hydrogen) atoms. The van der Waals surface area contributed by atoms with Gasteiger partial charge in [-0.15, -0.1) is 0 Å². The van der Waals surface area contributed by atoms with Crippen LogP contribution < -0.4 is 5.32 Å². The molecule has 0 fully saturated rings. The Morgan fingerprint density at radius 3 is 2.50 bits per heavy atom. The van der Waals surface area contributed by atoms with Crippen molar-refractivity contribution >= 4 is 33.2 Å². The van der Waals surface area contributed by atoms with E-state index in [2.05, 4.69) is 21.2 Å². The number of hydrogen-bond donors (Lipinski definition) is 1. The van der Waals surface area contributed by atoms with Gasteiger partial charge in [-0.3, -0.25) is 14.9 Å². The lowest BCUT2D eigenvalue weighted by molar-refractivity contribution is -0.384. The van der Waals surface area contributed by atoms with Crippen LogP contribution in [-0.4, -0.2) is 10.8 Å². The summed E-state index contributed by atoms with van der Waals surface area (Å²) in [4.78, 5) is 23.1. The van der Waals surface area contributed by atoms with Gasteiger partial charge in [0.2, 0.25) is 5.91 Å². The molecular weight excluding hydrogens is 348 g/mol. The van der Waals surface area contributed by atoms with Crippen molar-refractivity contribution in [2.45, 2.75) is 19.8 Å². The first kappa shape index (κ1) is 16.2. The number of rotatable bonds is 4. The van der Waals surface area contributed by atoms with Crippen molar-refractivity contribution in [3.8, 4) is 0 Å². The molecule has 0 aromatic heterocycles. The maximum Gasteiger partial charge on any atom is 0.294 e. The number of nitrogens with one attached hydrogen (secondary N) is 1. The van der Waals surface area contributed by atoms with Crippen molar-refractivity contribution in [1.82, 2.24) is 0 Å². The van der Waals surface area contributed by atoms with Crippen molar-refractivity contribution in [3.05, 3.63) is 68.2 Å². The fourth-order valence-corrected chi connectivity index (χ4v) is 2.72. The molecule has 0 aliphatic carbocycles. The Morgan fingerprint density at radius 1 is 1.27 bits per heavy atom. The molecule has 0 saturated carbocycles. The molecule has 0 radical (unpaired) electrons. The van der Waals surface area contributed by atoms with Gasteiger partial charge in [0.25, 0.3) is 5.69 Å². The standard InChI is InChI=1S/C16H15BrN2O3/c1-10-8-13(17)9-14(19(21)22)15(10)18-16(20)11(2)12-6-4-3-5-7-12/h3-9,11H,1-2H3,(H,18,20). The normalized spacial score (nSPS) is 11.8. The highest BCUT2D eigenvalue weighted by atomic mass is 79.9. The largest absolute Gasteiger partial charge is 0.320 e. The molecule has 0 spiro atoms. The molecule has 0 aliphatic heterocycles. The van der Waals surface area contributed by atoms with Crippen LogP contribution in [0.1, 0.15) is 24.0 Å². The van der Waals surface area contributed by atoms with Gasteiger partial charge in [0.1, 0.15) is 5.69 Å². The minimum absolute atomic E-state index is 0.125. The number of halogens is 1. The highest BCUT2D eigenvalue weighted by Crippen LogP contribution is 2.32. The van der Waals surface area contributed by atoms with Gasteiger partial charge in [0.15, 0.2) is 0 Å². The molecule has 6 heteroatoms. The van der Waals surface area contributed by atoms with Crippen LogP contribution in [0.25, 0.3) is 0 Å². The highest BCUT2D eigenvalue weighted by Gasteiger charge is 2.22. The molecule has 0 saturated heterocycles. The van der Waals surface area contributed by atoms with Crippen LogP contribution in [0.4, 0.5) is 11.4 Å². The zero-order chi connectivity index (χ0) is 16.3. The maximum atomic E-state index is 12.4. The number of carbonyl (C=O) groups is 1. The topological polar surface area (TPSA) is 72.2 Å². The first-order chi connectivity index (χ1) is 10.4. The molecule has 1 atom stereocenters. The molecule has 2 rings (SSSR count). The number of anilines is 1. The summed E-state index contributed by atoms with van der Waals surface area (Å²) in [5.41, 5.74) is 1.61. The number of nitro benzene ring substituents is 1. The van der Waals surface area contributed by atoms with Crippen molar-refractivity contribution in [3.63, 3.8) is 0 Å². The Kier molecular flexibility index (Phi) is 4.92. The third-order valence-corrected chi connectivity index (χ3v) is 3.88. The number of amides is 1. The van der Waals surface area contributed by atoms with Gasteiger partial charge in [-0.05, 0) is 31.0 Å². The summed E-state index contributed by atoms with van der Waals surface area (Å²) in [5.74, 6) is -0.677. The summed E-state index contributed by atoms with van der Waals surface area (Å²) >= 11 is 3.23. The smallest absolute Gasteiger partial charge is 0.294 e. The molecular formula is C16H15BrN2O3. The quantitative estimate of drug-likeness (QED) is 0.646. The molecule has 2 aromatic rings. The third-order valence-electron chi connectivity index (χ3n) is 3.42. The van der Waals surface area contributed by atoms with Gasteiger partial charge in [-0.2, -0.15) is 0 Å². The van der Waals surface area contributed by atoms with E-state index in [0.29, 0.717) is 10.0 Å². The van der Waals surface area contributed by atoms with Crippen LogP contribution in [0, 0.1) is 17.0 Å². The average Bonchev–Trinajstić information content (AvgIpc) is 2.49. The Morgan fingerprint density at radius 2 is 1.91 bits per heavy atom. The van der Waals surface area contributed by atoms with Crippen LogP contribution >= 0.6 is 15.9 Å². The Hall–Kier alpha value is -2.21. The van der Waals surface area contributed by atoms with Crippen molar-refractivity contribution in [2.75, 3.05) is 5.32 Å². The fourth-order valence-electron chi connectivity index (χ4n) is 2.16. The molecule has 1 unspecified atom stereocenters. The minimum atomic E-state index is -0.499. The van der Waals surface area contributed by atoms with Gasteiger partial charge in [0, 0.05) is 10.5 Å². The summed E-state index contributed by atoms with van der Waals surface area (Å²) in [6.07, 6.45) is 0. The fraction of sp³-hybridized carbons (Fsp3) is 0.188. The molecule has 1 N–H and O–H groups in total. The number of nitro groups is 1. The van der Waals surface area contributed by atoms with Crippen molar-refractivity contribution in [1.29, 1.82) is 0 Å². The van der Waals surface area contributed by atoms with E-state index in [1.165, 1.54) is 6.07 Å². The molecule has 5 nitrogen and oxygen atoms in total. The maximum absolute atomic E-state index is 12.4. The molecule has 2 aromatic carbocycles. The summed E-state index contributed by atoms with van der Waals surface area (Å²) < 4.78 is 0.603. The summed E-state index contributed by atoms with van der Waals surface area (Å²) in [5, 5.41) is 13.9.